The summed E-state index contributed by atoms with van der Waals surface area (Å²) in [6.07, 6.45) is 0. The monoisotopic (exact) mass is 251 g/mol. The number of carbonyl (C=O) groups is 2. The molecule has 0 aliphatic rings. The maximum atomic E-state index is 11.5. The zero-order valence-corrected chi connectivity index (χ0v) is 10.7. The highest BCUT2D eigenvalue weighted by Gasteiger charge is 2.33. The van der Waals surface area contributed by atoms with Crippen LogP contribution >= 0.6 is 0 Å². The molecule has 0 aliphatic heterocycles. The third kappa shape index (κ3) is 2.68. The first kappa shape index (κ1) is 14.2. The average Bonchev–Trinajstić information content (AvgIpc) is 2.38. The average molecular weight is 251 g/mol. The summed E-state index contributed by atoms with van der Waals surface area (Å²) in [4.78, 5) is 22.8. The van der Waals surface area contributed by atoms with Gasteiger partial charge in [-0.25, -0.2) is 4.79 Å². The normalized spacial score (nSPS) is 13.7. The predicted molar refractivity (Wildman–Crippen MR) is 66.0 cm³/mol. The molecule has 18 heavy (non-hydrogen) atoms. The van der Waals surface area contributed by atoms with E-state index >= 15 is 0 Å². The van der Waals surface area contributed by atoms with Crippen molar-refractivity contribution in [3.8, 4) is 0 Å². The van der Waals surface area contributed by atoms with Crippen LogP contribution in [0.25, 0.3) is 0 Å². The van der Waals surface area contributed by atoms with E-state index in [9.17, 15) is 9.59 Å². The summed E-state index contributed by atoms with van der Waals surface area (Å²) < 4.78 is 10.0. The highest BCUT2D eigenvalue weighted by Crippen LogP contribution is 2.25. The molecule has 98 valence electrons. The van der Waals surface area contributed by atoms with Gasteiger partial charge in [0.1, 0.15) is 0 Å². The van der Waals surface area contributed by atoms with Crippen LogP contribution in [0.4, 0.5) is 0 Å². The molecule has 1 aromatic rings. The van der Waals surface area contributed by atoms with Gasteiger partial charge in [0.05, 0.1) is 12.7 Å². The van der Waals surface area contributed by atoms with Crippen molar-refractivity contribution in [2.24, 2.45) is 5.73 Å². The van der Waals surface area contributed by atoms with Gasteiger partial charge < -0.3 is 15.2 Å². The summed E-state index contributed by atoms with van der Waals surface area (Å²) in [6.45, 7) is 3.74. The number of ether oxygens (including phenoxy) is 2. The quantitative estimate of drug-likeness (QED) is 0.798. The van der Waals surface area contributed by atoms with Gasteiger partial charge in [0, 0.05) is 6.61 Å². The Kier molecular flexibility index (Phi) is 4.44. The Bertz CT molecular complexity index is 441. The second-order valence-corrected chi connectivity index (χ2v) is 3.90. The first-order valence-corrected chi connectivity index (χ1v) is 5.58. The summed E-state index contributed by atoms with van der Waals surface area (Å²) in [6, 6.07) is 6.40. The molecule has 5 nitrogen and oxygen atoms in total. The topological polar surface area (TPSA) is 78.6 Å². The Hall–Kier alpha value is -1.88. The molecular formula is C13H17NO4. The first-order chi connectivity index (χ1) is 8.45. The SMILES string of the molecule is CCOC(C)(C(N)=O)c1ccc(C(=O)OC)cc1. The van der Waals surface area contributed by atoms with Crippen LogP contribution in [0, 0.1) is 0 Å². The molecule has 0 heterocycles. The molecule has 0 saturated heterocycles. The van der Waals surface area contributed by atoms with E-state index in [4.69, 9.17) is 10.5 Å². The van der Waals surface area contributed by atoms with E-state index in [0.717, 1.165) is 0 Å². The van der Waals surface area contributed by atoms with Crippen LogP contribution in [0.2, 0.25) is 0 Å². The van der Waals surface area contributed by atoms with E-state index < -0.39 is 17.5 Å². The van der Waals surface area contributed by atoms with Crippen molar-refractivity contribution >= 4 is 11.9 Å². The van der Waals surface area contributed by atoms with Crippen LogP contribution < -0.4 is 5.73 Å². The number of amides is 1. The Balaban J connectivity index is 3.09. The smallest absolute Gasteiger partial charge is 0.337 e. The van der Waals surface area contributed by atoms with Gasteiger partial charge in [-0.1, -0.05) is 12.1 Å². The molecular weight excluding hydrogens is 234 g/mol. The Morgan fingerprint density at radius 3 is 2.22 bits per heavy atom. The lowest BCUT2D eigenvalue weighted by atomic mass is 9.94. The number of esters is 1. The van der Waals surface area contributed by atoms with Gasteiger partial charge in [0.2, 0.25) is 0 Å². The second kappa shape index (κ2) is 5.64. The van der Waals surface area contributed by atoms with E-state index in [-0.39, 0.29) is 0 Å². The lowest BCUT2D eigenvalue weighted by Gasteiger charge is -2.26. The van der Waals surface area contributed by atoms with Gasteiger partial charge in [-0.05, 0) is 31.5 Å². The Labute approximate surface area is 106 Å². The molecule has 2 N–H and O–H groups in total. The molecule has 0 aromatic heterocycles. The molecule has 1 atom stereocenters. The molecule has 0 fully saturated rings. The Morgan fingerprint density at radius 1 is 1.28 bits per heavy atom. The number of rotatable bonds is 5. The minimum atomic E-state index is -1.19. The summed E-state index contributed by atoms with van der Waals surface area (Å²) >= 11 is 0. The molecule has 0 bridgehead atoms. The standard InChI is InChI=1S/C13H17NO4/c1-4-18-13(2,12(14)16)10-7-5-9(6-8-10)11(15)17-3/h5-8H,4H2,1-3H3,(H2,14,16). The largest absolute Gasteiger partial charge is 0.465 e. The van der Waals surface area contributed by atoms with Crippen LogP contribution in [-0.4, -0.2) is 25.6 Å². The number of primary amides is 1. The number of carbonyl (C=O) groups excluding carboxylic acids is 2. The molecule has 1 amide bonds. The fourth-order valence-corrected chi connectivity index (χ4v) is 1.63. The highest BCUT2D eigenvalue weighted by molar-refractivity contribution is 5.90. The molecule has 0 saturated carbocycles. The third-order valence-electron chi connectivity index (χ3n) is 2.76. The van der Waals surface area contributed by atoms with Crippen LogP contribution in [0.1, 0.15) is 29.8 Å². The van der Waals surface area contributed by atoms with Gasteiger partial charge in [-0.2, -0.15) is 0 Å². The fourth-order valence-electron chi connectivity index (χ4n) is 1.63. The molecule has 0 spiro atoms. The van der Waals surface area contributed by atoms with Crippen molar-refractivity contribution in [1.82, 2.24) is 0 Å². The summed E-state index contributed by atoms with van der Waals surface area (Å²) in [5.74, 6) is -1.01. The van der Waals surface area contributed by atoms with Crippen molar-refractivity contribution in [3.05, 3.63) is 35.4 Å². The zero-order valence-electron chi connectivity index (χ0n) is 10.7. The maximum absolute atomic E-state index is 11.5. The lowest BCUT2D eigenvalue weighted by Crippen LogP contribution is -2.41. The van der Waals surface area contributed by atoms with E-state index in [2.05, 4.69) is 4.74 Å². The van der Waals surface area contributed by atoms with Crippen molar-refractivity contribution in [2.45, 2.75) is 19.4 Å². The van der Waals surface area contributed by atoms with E-state index in [0.29, 0.717) is 17.7 Å². The van der Waals surface area contributed by atoms with Crippen LogP contribution in [0.5, 0.6) is 0 Å². The van der Waals surface area contributed by atoms with Gasteiger partial charge in [0.15, 0.2) is 5.60 Å². The minimum Gasteiger partial charge on any atom is -0.465 e. The van der Waals surface area contributed by atoms with E-state index in [1.165, 1.54) is 7.11 Å². The third-order valence-corrected chi connectivity index (χ3v) is 2.76. The Morgan fingerprint density at radius 2 is 1.83 bits per heavy atom. The zero-order chi connectivity index (χ0) is 13.8. The predicted octanol–water partition coefficient (Wildman–Crippen LogP) is 1.21. The van der Waals surface area contributed by atoms with Crippen molar-refractivity contribution in [1.29, 1.82) is 0 Å². The van der Waals surface area contributed by atoms with Crippen LogP contribution in [-0.2, 0) is 19.9 Å². The first-order valence-electron chi connectivity index (χ1n) is 5.58. The number of methoxy groups -OCH3 is 1. The fraction of sp³-hybridized carbons (Fsp3) is 0.385. The number of nitrogens with two attached hydrogens (primary N) is 1. The van der Waals surface area contributed by atoms with Crippen LogP contribution in [0.3, 0.4) is 0 Å². The summed E-state index contributed by atoms with van der Waals surface area (Å²) in [5.41, 5.74) is 5.17. The van der Waals surface area contributed by atoms with Gasteiger partial charge in [-0.3, -0.25) is 4.79 Å². The summed E-state index contributed by atoms with van der Waals surface area (Å²) in [5, 5.41) is 0. The van der Waals surface area contributed by atoms with Crippen molar-refractivity contribution in [2.75, 3.05) is 13.7 Å². The molecule has 1 rings (SSSR count). The molecule has 0 aliphatic carbocycles. The second-order valence-electron chi connectivity index (χ2n) is 3.90. The van der Waals surface area contributed by atoms with Gasteiger partial charge in [-0.15, -0.1) is 0 Å². The van der Waals surface area contributed by atoms with Gasteiger partial charge >= 0.3 is 5.97 Å². The summed E-state index contributed by atoms with van der Waals surface area (Å²) in [7, 11) is 1.31. The minimum absolute atomic E-state index is 0.359. The highest BCUT2D eigenvalue weighted by atomic mass is 16.5. The van der Waals surface area contributed by atoms with Crippen molar-refractivity contribution in [3.63, 3.8) is 0 Å². The number of benzene rings is 1. The molecule has 5 heteroatoms. The number of hydrogen-bond donors (Lipinski definition) is 1. The molecule has 1 unspecified atom stereocenters. The van der Waals surface area contributed by atoms with E-state index in [1.807, 2.05) is 0 Å². The van der Waals surface area contributed by atoms with Crippen LogP contribution in [0.15, 0.2) is 24.3 Å². The maximum Gasteiger partial charge on any atom is 0.337 e. The van der Waals surface area contributed by atoms with Gasteiger partial charge in [0.25, 0.3) is 5.91 Å². The molecule has 0 radical (unpaired) electrons. The lowest BCUT2D eigenvalue weighted by molar-refractivity contribution is -0.142. The molecule has 1 aromatic carbocycles. The van der Waals surface area contributed by atoms with E-state index in [1.54, 1.807) is 38.1 Å². The number of hydrogen-bond acceptors (Lipinski definition) is 4. The van der Waals surface area contributed by atoms with Crippen molar-refractivity contribution < 1.29 is 19.1 Å².